The van der Waals surface area contributed by atoms with Crippen LogP contribution in [0, 0.1) is 5.92 Å². The van der Waals surface area contributed by atoms with E-state index in [0.29, 0.717) is 12.5 Å². The maximum atomic E-state index is 11.6. The first-order valence-electron chi connectivity index (χ1n) is 8.93. The second-order valence-electron chi connectivity index (χ2n) is 7.18. The van der Waals surface area contributed by atoms with Crippen molar-refractivity contribution in [1.29, 1.82) is 0 Å². The average Bonchev–Trinajstić information content (AvgIpc) is 3.05. The van der Waals surface area contributed by atoms with Crippen molar-refractivity contribution in [2.45, 2.75) is 19.4 Å². The first-order valence-corrected chi connectivity index (χ1v) is 9.74. The number of thiazole rings is 1. The normalized spacial score (nSPS) is 24.7. The largest absolute Gasteiger partial charge is 0.465 e. The van der Waals surface area contributed by atoms with Crippen LogP contribution in [0.4, 0.5) is 4.79 Å². The smallest absolute Gasteiger partial charge is 0.411 e. The summed E-state index contributed by atoms with van der Waals surface area (Å²) in [5, 5.41) is 10.5. The van der Waals surface area contributed by atoms with Crippen molar-refractivity contribution in [2.75, 3.05) is 33.3 Å². The molecule has 1 aromatic heterocycles. The van der Waals surface area contributed by atoms with Crippen molar-refractivity contribution < 1.29 is 14.6 Å². The van der Waals surface area contributed by atoms with Gasteiger partial charge in [0.2, 0.25) is 0 Å². The number of carboxylic acid groups (broad SMARTS) is 1. The molecular formula is C19H23N3O3S. The molecular weight excluding hydrogens is 350 g/mol. The maximum Gasteiger partial charge on any atom is 0.411 e. The Kier molecular flexibility index (Phi) is 4.69. The summed E-state index contributed by atoms with van der Waals surface area (Å²) in [6.45, 7) is 5.12. The van der Waals surface area contributed by atoms with E-state index in [9.17, 15) is 9.90 Å². The number of benzene rings is 1. The lowest BCUT2D eigenvalue weighted by Gasteiger charge is -2.29. The van der Waals surface area contributed by atoms with Gasteiger partial charge in [-0.25, -0.2) is 9.78 Å². The Morgan fingerprint density at radius 1 is 1.38 bits per heavy atom. The lowest BCUT2D eigenvalue weighted by molar-refractivity contribution is -0.0208. The molecule has 1 fully saturated rings. The summed E-state index contributed by atoms with van der Waals surface area (Å²) in [7, 11) is 2.10. The number of aromatic nitrogens is 1. The first-order chi connectivity index (χ1) is 12.5. The van der Waals surface area contributed by atoms with Crippen molar-refractivity contribution in [3.63, 3.8) is 0 Å². The van der Waals surface area contributed by atoms with Gasteiger partial charge in [-0.05, 0) is 31.5 Å². The van der Waals surface area contributed by atoms with Crippen LogP contribution in [0.3, 0.4) is 0 Å². The Labute approximate surface area is 156 Å². The van der Waals surface area contributed by atoms with Crippen LogP contribution in [-0.4, -0.2) is 59.3 Å². The molecule has 4 rings (SSSR count). The fraction of sp³-hybridized carbons (Fsp3) is 0.474. The van der Waals surface area contributed by atoms with E-state index in [2.05, 4.69) is 18.9 Å². The number of hydrogen-bond donors (Lipinski definition) is 1. The fourth-order valence-corrected chi connectivity index (χ4v) is 4.52. The molecule has 3 heterocycles. The monoisotopic (exact) mass is 373 g/mol. The number of fused-ring (bicyclic) bond motifs is 1. The molecule has 0 bridgehead atoms. The topological polar surface area (TPSA) is 65.9 Å². The lowest BCUT2D eigenvalue weighted by atomic mass is 9.98. The number of amides is 1. The predicted molar refractivity (Wildman–Crippen MR) is 102 cm³/mol. The summed E-state index contributed by atoms with van der Waals surface area (Å²) in [5.41, 5.74) is 2.58. The molecule has 1 N–H and O–H groups in total. The summed E-state index contributed by atoms with van der Waals surface area (Å²) in [6.07, 6.45) is 2.03. The van der Waals surface area contributed by atoms with E-state index in [1.165, 1.54) is 4.90 Å². The number of rotatable bonds is 2. The number of allylic oxidation sites excluding steroid dienone is 1. The lowest BCUT2D eigenvalue weighted by Crippen LogP contribution is -2.35. The maximum absolute atomic E-state index is 11.6. The van der Waals surface area contributed by atoms with Crippen molar-refractivity contribution in [3.8, 4) is 0 Å². The van der Waals surface area contributed by atoms with E-state index in [4.69, 9.17) is 9.72 Å². The highest BCUT2D eigenvalue weighted by Gasteiger charge is 2.26. The molecule has 1 saturated heterocycles. The van der Waals surface area contributed by atoms with Crippen molar-refractivity contribution in [3.05, 3.63) is 34.8 Å². The highest BCUT2D eigenvalue weighted by molar-refractivity contribution is 7.18. The zero-order valence-corrected chi connectivity index (χ0v) is 15.8. The van der Waals surface area contributed by atoms with Crippen LogP contribution >= 0.6 is 11.3 Å². The molecule has 1 unspecified atom stereocenters. The van der Waals surface area contributed by atoms with Crippen LogP contribution in [0.2, 0.25) is 0 Å². The summed E-state index contributed by atoms with van der Waals surface area (Å²) < 4.78 is 6.98. The molecule has 0 aliphatic carbocycles. The van der Waals surface area contributed by atoms with E-state index in [1.807, 2.05) is 24.3 Å². The first kappa shape index (κ1) is 17.5. The van der Waals surface area contributed by atoms with Gasteiger partial charge in [-0.2, -0.15) is 0 Å². The summed E-state index contributed by atoms with van der Waals surface area (Å²) in [5.74, 6) is 0.338. The van der Waals surface area contributed by atoms with Gasteiger partial charge in [0, 0.05) is 25.2 Å². The summed E-state index contributed by atoms with van der Waals surface area (Å²) in [4.78, 5) is 20.1. The van der Waals surface area contributed by atoms with Crippen molar-refractivity contribution >= 4 is 33.3 Å². The van der Waals surface area contributed by atoms with E-state index >= 15 is 0 Å². The fourth-order valence-electron chi connectivity index (χ4n) is 3.53. The van der Waals surface area contributed by atoms with Gasteiger partial charge in [-0.1, -0.05) is 19.1 Å². The second-order valence-corrected chi connectivity index (χ2v) is 8.24. The van der Waals surface area contributed by atoms with E-state index in [0.717, 1.165) is 52.6 Å². The van der Waals surface area contributed by atoms with Gasteiger partial charge in [0.25, 0.3) is 0 Å². The number of ether oxygens (including phenoxy) is 1. The Morgan fingerprint density at radius 3 is 3.00 bits per heavy atom. The number of hydrogen-bond acceptors (Lipinski definition) is 5. The molecule has 7 heteroatoms. The molecule has 138 valence electrons. The van der Waals surface area contributed by atoms with E-state index < -0.39 is 6.09 Å². The standard InChI is InChI=1S/C19H23N3O3S/c1-12-3-5-15(22(10-12)19(23)24)13-4-6-17-14(9-13)20-18(26-17)16-11-21(2)7-8-25-16/h4-6,9,12,16H,3,7-8,10-11H2,1-2H3,(H,23,24)/t12-,16?/m0/s1. The Bertz CT molecular complexity index is 863. The van der Waals surface area contributed by atoms with Crippen LogP contribution < -0.4 is 0 Å². The third-order valence-corrected chi connectivity index (χ3v) is 6.10. The number of nitrogens with zero attached hydrogens (tertiary/aromatic N) is 3. The molecule has 2 aromatic rings. The van der Waals surface area contributed by atoms with Gasteiger partial charge < -0.3 is 14.7 Å². The average molecular weight is 373 g/mol. The molecule has 1 aromatic carbocycles. The number of likely N-dealkylation sites (N-methyl/N-ethyl adjacent to an activating group) is 1. The number of morpholine rings is 1. The van der Waals surface area contributed by atoms with Gasteiger partial charge in [-0.15, -0.1) is 11.3 Å². The van der Waals surface area contributed by atoms with Crippen molar-refractivity contribution in [2.24, 2.45) is 5.92 Å². The molecule has 2 atom stereocenters. The molecule has 0 radical (unpaired) electrons. The second kappa shape index (κ2) is 6.98. The van der Waals surface area contributed by atoms with Gasteiger partial charge in [0.1, 0.15) is 11.1 Å². The zero-order chi connectivity index (χ0) is 18.3. The third-order valence-electron chi connectivity index (χ3n) is 4.97. The minimum atomic E-state index is -0.902. The third kappa shape index (κ3) is 3.34. The Morgan fingerprint density at radius 2 is 2.23 bits per heavy atom. The SMILES string of the molecule is C[C@H]1CC=C(c2ccc3sc(C4CN(C)CCO4)nc3c2)N(C(=O)O)C1. The van der Waals surface area contributed by atoms with Gasteiger partial charge in [0.15, 0.2) is 0 Å². The molecule has 6 nitrogen and oxygen atoms in total. The molecule has 1 amide bonds. The molecule has 2 aliphatic rings. The zero-order valence-electron chi connectivity index (χ0n) is 15.0. The summed E-state index contributed by atoms with van der Waals surface area (Å²) >= 11 is 1.66. The highest BCUT2D eigenvalue weighted by atomic mass is 32.1. The van der Waals surface area contributed by atoms with Crippen LogP contribution in [0.15, 0.2) is 24.3 Å². The molecule has 2 aliphatic heterocycles. The summed E-state index contributed by atoms with van der Waals surface area (Å²) in [6, 6.07) is 6.03. The Hall–Kier alpha value is -1.96. The van der Waals surface area contributed by atoms with Crippen LogP contribution in [0.25, 0.3) is 15.9 Å². The van der Waals surface area contributed by atoms with E-state index in [1.54, 1.807) is 11.3 Å². The van der Waals surface area contributed by atoms with Crippen LogP contribution in [0.5, 0.6) is 0 Å². The van der Waals surface area contributed by atoms with Crippen molar-refractivity contribution in [1.82, 2.24) is 14.8 Å². The minimum absolute atomic E-state index is 0.0138. The number of carbonyl (C=O) groups is 1. The van der Waals surface area contributed by atoms with Crippen LogP contribution in [-0.2, 0) is 4.74 Å². The van der Waals surface area contributed by atoms with Gasteiger partial charge in [-0.3, -0.25) is 4.90 Å². The van der Waals surface area contributed by atoms with Gasteiger partial charge in [0.05, 0.1) is 22.5 Å². The van der Waals surface area contributed by atoms with Gasteiger partial charge >= 0.3 is 6.09 Å². The minimum Gasteiger partial charge on any atom is -0.465 e. The van der Waals surface area contributed by atoms with E-state index in [-0.39, 0.29) is 6.10 Å². The molecule has 0 spiro atoms. The quantitative estimate of drug-likeness (QED) is 0.870. The predicted octanol–water partition coefficient (Wildman–Crippen LogP) is 3.66. The highest BCUT2D eigenvalue weighted by Crippen LogP contribution is 2.34. The molecule has 26 heavy (non-hydrogen) atoms. The molecule has 0 saturated carbocycles. The Balaban J connectivity index is 1.66. The van der Waals surface area contributed by atoms with Crippen LogP contribution in [0.1, 0.15) is 30.0 Å².